The van der Waals surface area contributed by atoms with E-state index in [2.05, 4.69) is 10.3 Å². The second-order valence-electron chi connectivity index (χ2n) is 7.73. The van der Waals surface area contributed by atoms with E-state index in [9.17, 15) is 19.5 Å². The Labute approximate surface area is 200 Å². The van der Waals surface area contributed by atoms with Crippen LogP contribution in [0.1, 0.15) is 15.2 Å². The first-order valence-electron chi connectivity index (χ1n) is 10.5. The Morgan fingerprint density at radius 2 is 1.94 bits per heavy atom. The van der Waals surface area contributed by atoms with Gasteiger partial charge in [-0.2, -0.15) is 0 Å². The van der Waals surface area contributed by atoms with Crippen LogP contribution >= 0.6 is 11.3 Å². The summed E-state index contributed by atoms with van der Waals surface area (Å²) in [7, 11) is 1.38. The highest BCUT2D eigenvalue weighted by atomic mass is 32.1. The molecule has 0 amide bonds. The molecule has 176 valence electrons. The zero-order chi connectivity index (χ0) is 24.7. The lowest BCUT2D eigenvalue weighted by Gasteiger charge is -2.15. The number of nitrogens with zero attached hydrogens (tertiary/aromatic N) is 1. The second-order valence-corrected chi connectivity index (χ2v) is 8.60. The highest BCUT2D eigenvalue weighted by Gasteiger charge is 2.21. The van der Waals surface area contributed by atoms with Gasteiger partial charge in [-0.15, -0.1) is 11.3 Å². The van der Waals surface area contributed by atoms with Gasteiger partial charge in [-0.1, -0.05) is 42.5 Å². The van der Waals surface area contributed by atoms with Crippen LogP contribution < -0.4 is 21.3 Å². The molecule has 0 aliphatic heterocycles. The van der Waals surface area contributed by atoms with Crippen molar-refractivity contribution in [1.82, 2.24) is 9.55 Å². The molecule has 0 spiro atoms. The number of carboxylic acids is 1. The lowest BCUT2D eigenvalue weighted by molar-refractivity contribution is 0.0704. The molecule has 2 heterocycles. The van der Waals surface area contributed by atoms with Gasteiger partial charge in [-0.3, -0.25) is 4.79 Å². The maximum absolute atomic E-state index is 15.1. The Morgan fingerprint density at radius 3 is 2.71 bits per heavy atom. The third kappa shape index (κ3) is 3.83. The molecule has 8 nitrogen and oxygen atoms in total. The van der Waals surface area contributed by atoms with Gasteiger partial charge >= 0.3 is 11.7 Å². The summed E-state index contributed by atoms with van der Waals surface area (Å²) in [5.74, 6) is -2.01. The highest BCUT2D eigenvalue weighted by molar-refractivity contribution is 7.13. The number of aromatic carboxylic acids is 1. The molecule has 0 atom stereocenters. The number of fused-ring (bicyclic) bond motifs is 2. The van der Waals surface area contributed by atoms with Crippen LogP contribution in [0.15, 0.2) is 69.6 Å². The number of nitrogens with one attached hydrogen (secondary N) is 2. The van der Waals surface area contributed by atoms with Crippen LogP contribution in [0.2, 0.25) is 0 Å². The number of anilines is 1. The Hall–Kier alpha value is -4.44. The number of aromatic nitrogens is 2. The molecule has 0 aliphatic rings. The zero-order valence-electron chi connectivity index (χ0n) is 18.3. The number of thiophene rings is 1. The van der Waals surface area contributed by atoms with Crippen molar-refractivity contribution in [2.24, 2.45) is 0 Å². The molecule has 0 bridgehead atoms. The minimum Gasteiger partial charge on any atom is -0.494 e. The van der Waals surface area contributed by atoms with Crippen molar-refractivity contribution in [2.75, 3.05) is 12.4 Å². The predicted molar refractivity (Wildman–Crippen MR) is 133 cm³/mol. The topological polar surface area (TPSA) is 113 Å². The third-order valence-electron chi connectivity index (χ3n) is 5.71. The maximum Gasteiger partial charge on any atom is 0.346 e. The van der Waals surface area contributed by atoms with Gasteiger partial charge in [0.1, 0.15) is 10.6 Å². The molecule has 5 rings (SSSR count). The lowest BCUT2D eigenvalue weighted by Crippen LogP contribution is -2.34. The summed E-state index contributed by atoms with van der Waals surface area (Å²) in [6.45, 7) is 0.362. The monoisotopic (exact) mass is 491 g/mol. The first-order valence-corrected chi connectivity index (χ1v) is 11.3. The van der Waals surface area contributed by atoms with Crippen LogP contribution in [0.5, 0.6) is 5.75 Å². The summed E-state index contributed by atoms with van der Waals surface area (Å²) in [5, 5.41) is 15.9. The van der Waals surface area contributed by atoms with Gasteiger partial charge in [0.25, 0.3) is 5.56 Å². The standard InChI is InChI=1S/C25H18FN3O5S/c1-34-20-9-16(26)19(29-23(30)21-18(28-25(29)33)12-35-22(21)24(31)32)10-17(20)27-11-14-7-4-6-13-5-2-3-8-15(13)14/h2-10,12,27H,11H2,1H3,(H,28,33)(H,31,32). The van der Waals surface area contributed by atoms with Gasteiger partial charge < -0.3 is 20.1 Å². The molecule has 5 aromatic rings. The quantitative estimate of drug-likeness (QED) is 0.325. The summed E-state index contributed by atoms with van der Waals surface area (Å²) >= 11 is 0.809. The number of hydrogen-bond donors (Lipinski definition) is 3. The van der Waals surface area contributed by atoms with Gasteiger partial charge in [0.15, 0.2) is 5.82 Å². The van der Waals surface area contributed by atoms with Crippen LogP contribution in [-0.2, 0) is 6.54 Å². The first-order chi connectivity index (χ1) is 16.9. The number of aromatic amines is 1. The van der Waals surface area contributed by atoms with E-state index in [4.69, 9.17) is 4.74 Å². The number of H-pyrrole nitrogens is 1. The average molecular weight is 492 g/mol. The minimum absolute atomic E-state index is 0.0851. The largest absolute Gasteiger partial charge is 0.494 e. The van der Waals surface area contributed by atoms with Crippen molar-refractivity contribution >= 4 is 44.7 Å². The van der Waals surface area contributed by atoms with Crippen LogP contribution in [0.4, 0.5) is 10.1 Å². The van der Waals surface area contributed by atoms with Gasteiger partial charge in [-0.05, 0) is 22.4 Å². The molecular weight excluding hydrogens is 473 g/mol. The van der Waals surface area contributed by atoms with Gasteiger partial charge in [0, 0.05) is 18.0 Å². The van der Waals surface area contributed by atoms with E-state index in [1.165, 1.54) is 18.6 Å². The molecule has 0 aliphatic carbocycles. The number of benzene rings is 3. The van der Waals surface area contributed by atoms with Crippen molar-refractivity contribution in [3.63, 3.8) is 0 Å². The fourth-order valence-electron chi connectivity index (χ4n) is 4.07. The summed E-state index contributed by atoms with van der Waals surface area (Å²) < 4.78 is 21.0. The lowest BCUT2D eigenvalue weighted by atomic mass is 10.0. The van der Waals surface area contributed by atoms with Crippen LogP contribution in [0.25, 0.3) is 27.4 Å². The van der Waals surface area contributed by atoms with Crippen molar-refractivity contribution in [3.8, 4) is 11.4 Å². The molecule has 3 N–H and O–H groups in total. The summed E-state index contributed by atoms with van der Waals surface area (Å²) in [6.07, 6.45) is 0. The molecule has 10 heteroatoms. The normalized spacial score (nSPS) is 11.1. The fraction of sp³-hybridized carbons (Fsp3) is 0.0800. The Kier molecular flexibility index (Phi) is 5.58. The fourth-order valence-corrected chi connectivity index (χ4v) is 4.90. The molecule has 0 radical (unpaired) electrons. The van der Waals surface area contributed by atoms with Crippen LogP contribution in [-0.4, -0.2) is 27.7 Å². The number of ether oxygens (including phenoxy) is 1. The van der Waals surface area contributed by atoms with Crippen molar-refractivity contribution < 1.29 is 19.0 Å². The Balaban J connectivity index is 1.62. The van der Waals surface area contributed by atoms with Gasteiger partial charge in [-0.25, -0.2) is 18.5 Å². The number of methoxy groups -OCH3 is 1. The van der Waals surface area contributed by atoms with Crippen molar-refractivity contribution in [3.05, 3.63) is 97.1 Å². The van der Waals surface area contributed by atoms with E-state index in [1.807, 2.05) is 42.5 Å². The Morgan fingerprint density at radius 1 is 1.17 bits per heavy atom. The number of hydrogen-bond acceptors (Lipinski definition) is 6. The smallest absolute Gasteiger partial charge is 0.346 e. The first kappa shape index (κ1) is 22.4. The third-order valence-corrected chi connectivity index (χ3v) is 6.67. The van der Waals surface area contributed by atoms with Crippen molar-refractivity contribution in [1.29, 1.82) is 0 Å². The van der Waals surface area contributed by atoms with E-state index in [0.717, 1.165) is 33.7 Å². The molecule has 2 aromatic heterocycles. The Bertz CT molecular complexity index is 1730. The number of carboxylic acid groups (broad SMARTS) is 1. The van der Waals surface area contributed by atoms with Gasteiger partial charge in [0.2, 0.25) is 0 Å². The molecule has 0 saturated heterocycles. The summed E-state index contributed by atoms with van der Waals surface area (Å²) in [5.41, 5.74) is -0.722. The van der Waals surface area contributed by atoms with Gasteiger partial charge in [0.05, 0.1) is 29.4 Å². The average Bonchev–Trinajstić information content (AvgIpc) is 3.28. The molecule has 3 aromatic carbocycles. The molecule has 35 heavy (non-hydrogen) atoms. The van der Waals surface area contributed by atoms with Crippen LogP contribution in [0, 0.1) is 5.82 Å². The number of halogens is 1. The van der Waals surface area contributed by atoms with Crippen molar-refractivity contribution in [2.45, 2.75) is 6.54 Å². The molecule has 0 unspecified atom stereocenters. The predicted octanol–water partition coefficient (Wildman–Crippen LogP) is 4.35. The minimum atomic E-state index is -1.31. The van der Waals surface area contributed by atoms with E-state index < -0.39 is 23.0 Å². The summed E-state index contributed by atoms with van der Waals surface area (Å²) in [4.78, 5) is 39.6. The molecular formula is C25H18FN3O5S. The number of carbonyl (C=O) groups is 1. The van der Waals surface area contributed by atoms with Crippen LogP contribution in [0.3, 0.4) is 0 Å². The zero-order valence-corrected chi connectivity index (χ0v) is 19.1. The highest BCUT2D eigenvalue weighted by Crippen LogP contribution is 2.31. The molecule has 0 fully saturated rings. The van der Waals surface area contributed by atoms with E-state index in [-0.39, 0.29) is 27.2 Å². The van der Waals surface area contributed by atoms with E-state index in [1.54, 1.807) is 0 Å². The maximum atomic E-state index is 15.1. The second kappa shape index (κ2) is 8.73. The van der Waals surface area contributed by atoms with E-state index >= 15 is 4.39 Å². The summed E-state index contributed by atoms with van der Waals surface area (Å²) in [6, 6.07) is 16.1. The number of rotatable bonds is 6. The van der Waals surface area contributed by atoms with E-state index in [0.29, 0.717) is 16.8 Å². The SMILES string of the molecule is COc1cc(F)c(-n2c(=O)[nH]c3csc(C(=O)O)c3c2=O)cc1NCc1cccc2ccccc12. The molecule has 0 saturated carbocycles.